The van der Waals surface area contributed by atoms with Crippen LogP contribution in [0.25, 0.3) is 11.2 Å². The fourth-order valence-corrected chi connectivity index (χ4v) is 2.11. The van der Waals surface area contributed by atoms with E-state index in [1.165, 1.54) is 0 Å². The van der Waals surface area contributed by atoms with Crippen molar-refractivity contribution < 1.29 is 14.6 Å². The number of anilines is 1. The van der Waals surface area contributed by atoms with Gasteiger partial charge in [0.15, 0.2) is 17.0 Å². The number of fused-ring (bicyclic) bond motifs is 1. The highest BCUT2D eigenvalue weighted by molar-refractivity contribution is 5.83. The molecule has 23 heavy (non-hydrogen) atoms. The van der Waals surface area contributed by atoms with E-state index in [1.54, 1.807) is 7.11 Å². The lowest BCUT2D eigenvalue weighted by atomic mass is 10.4. The number of methoxy groups -OCH3 is 1. The van der Waals surface area contributed by atoms with Gasteiger partial charge in [-0.05, 0) is 6.42 Å². The van der Waals surface area contributed by atoms with E-state index >= 15 is 0 Å². The third-order valence-corrected chi connectivity index (χ3v) is 3.28. The molecule has 0 amide bonds. The van der Waals surface area contributed by atoms with Crippen LogP contribution < -0.4 is 20.5 Å². The average molecular weight is 324 g/mol. The van der Waals surface area contributed by atoms with Crippen molar-refractivity contribution in [2.75, 3.05) is 39.1 Å². The van der Waals surface area contributed by atoms with Crippen LogP contribution in [0.5, 0.6) is 12.0 Å². The van der Waals surface area contributed by atoms with Crippen LogP contribution in [0.3, 0.4) is 0 Å². The number of aliphatic hydroxyl groups is 1. The number of ether oxygens (including phenoxy) is 2. The van der Waals surface area contributed by atoms with Gasteiger partial charge in [0, 0.05) is 19.6 Å². The molecule has 2 rings (SSSR count). The summed E-state index contributed by atoms with van der Waals surface area (Å²) in [6, 6.07) is 0.660. The molecule has 9 nitrogen and oxygen atoms in total. The molecule has 0 bridgehead atoms. The van der Waals surface area contributed by atoms with Gasteiger partial charge in [-0.25, -0.2) is 0 Å². The minimum Gasteiger partial charge on any atom is -0.468 e. The van der Waals surface area contributed by atoms with Crippen LogP contribution in [0.1, 0.15) is 19.8 Å². The summed E-state index contributed by atoms with van der Waals surface area (Å²) in [6.45, 7) is 4.46. The van der Waals surface area contributed by atoms with Crippen molar-refractivity contribution in [3.63, 3.8) is 0 Å². The van der Waals surface area contributed by atoms with E-state index in [0.29, 0.717) is 43.4 Å². The highest BCUT2D eigenvalue weighted by Gasteiger charge is 2.17. The Morgan fingerprint density at radius 1 is 1.26 bits per heavy atom. The number of nitrogens with two attached hydrogens (primary N) is 1. The smallest absolute Gasteiger partial charge is 0.320 e. The van der Waals surface area contributed by atoms with Crippen LogP contribution in [-0.2, 0) is 6.54 Å². The number of unbranched alkanes of at least 4 members (excludes halogenated alkanes) is 1. The maximum atomic E-state index is 8.81. The average Bonchev–Trinajstić information content (AvgIpc) is 2.90. The van der Waals surface area contributed by atoms with Crippen molar-refractivity contribution in [1.82, 2.24) is 24.8 Å². The Labute approximate surface area is 134 Å². The molecule has 2 aromatic rings. The van der Waals surface area contributed by atoms with E-state index in [4.69, 9.17) is 20.3 Å². The maximum Gasteiger partial charge on any atom is 0.320 e. The highest BCUT2D eigenvalue weighted by Crippen LogP contribution is 2.25. The predicted molar refractivity (Wildman–Crippen MR) is 86.6 cm³/mol. The van der Waals surface area contributed by atoms with E-state index in [2.05, 4.69) is 27.2 Å². The number of imidazole rings is 1. The first-order valence-electron chi connectivity index (χ1n) is 7.73. The Morgan fingerprint density at radius 3 is 2.78 bits per heavy atom. The van der Waals surface area contributed by atoms with E-state index in [-0.39, 0.29) is 18.4 Å². The first-order valence-corrected chi connectivity index (χ1v) is 7.73. The lowest BCUT2D eigenvalue weighted by molar-refractivity contribution is 0.286. The molecule has 2 aromatic heterocycles. The van der Waals surface area contributed by atoms with E-state index < -0.39 is 0 Å². The molecule has 0 saturated carbocycles. The lowest BCUT2D eigenvalue weighted by Gasteiger charge is -2.09. The molecule has 0 aliphatic heterocycles. The van der Waals surface area contributed by atoms with Gasteiger partial charge in [-0.3, -0.25) is 4.57 Å². The Kier molecular flexibility index (Phi) is 6.36. The van der Waals surface area contributed by atoms with Gasteiger partial charge in [0.2, 0.25) is 0 Å². The number of aromatic nitrogens is 4. The highest BCUT2D eigenvalue weighted by atomic mass is 16.5. The topological polar surface area (TPSA) is 120 Å². The SMILES string of the molecule is CCCCOc1nc(N)c2nc(OC)n(CCNCCO)c2n1. The summed E-state index contributed by atoms with van der Waals surface area (Å²) in [4.78, 5) is 12.9. The summed E-state index contributed by atoms with van der Waals surface area (Å²) in [6.07, 6.45) is 1.95. The molecule has 0 aliphatic carbocycles. The molecule has 4 N–H and O–H groups in total. The lowest BCUT2D eigenvalue weighted by Crippen LogP contribution is -2.23. The second-order valence-corrected chi connectivity index (χ2v) is 4.99. The summed E-state index contributed by atoms with van der Waals surface area (Å²) in [7, 11) is 1.54. The molecular weight excluding hydrogens is 300 g/mol. The van der Waals surface area contributed by atoms with Crippen LogP contribution in [-0.4, -0.2) is 58.0 Å². The van der Waals surface area contributed by atoms with Crippen LogP contribution >= 0.6 is 0 Å². The number of rotatable bonds is 10. The van der Waals surface area contributed by atoms with E-state index in [1.807, 2.05) is 4.57 Å². The Morgan fingerprint density at radius 2 is 2.09 bits per heavy atom. The molecule has 0 atom stereocenters. The largest absolute Gasteiger partial charge is 0.468 e. The molecule has 9 heteroatoms. The number of nitrogens with one attached hydrogen (secondary N) is 1. The van der Waals surface area contributed by atoms with Crippen molar-refractivity contribution in [2.24, 2.45) is 0 Å². The second-order valence-electron chi connectivity index (χ2n) is 4.99. The Balaban J connectivity index is 2.26. The zero-order valence-corrected chi connectivity index (χ0v) is 13.6. The van der Waals surface area contributed by atoms with Gasteiger partial charge >= 0.3 is 6.01 Å². The number of nitrogen functional groups attached to an aromatic ring is 1. The van der Waals surface area contributed by atoms with Gasteiger partial charge in [0.05, 0.1) is 20.3 Å². The third-order valence-electron chi connectivity index (χ3n) is 3.28. The molecule has 0 aliphatic rings. The van der Waals surface area contributed by atoms with Crippen LogP contribution in [0, 0.1) is 0 Å². The molecule has 0 radical (unpaired) electrons. The Hall–Kier alpha value is -2.13. The van der Waals surface area contributed by atoms with Gasteiger partial charge < -0.3 is 25.6 Å². The zero-order valence-electron chi connectivity index (χ0n) is 13.6. The molecule has 0 unspecified atom stereocenters. The van der Waals surface area contributed by atoms with Gasteiger partial charge in [0.25, 0.3) is 6.01 Å². The first kappa shape index (κ1) is 17.2. The number of hydrogen-bond donors (Lipinski definition) is 3. The number of aliphatic hydroxyl groups excluding tert-OH is 1. The molecule has 0 spiro atoms. The van der Waals surface area contributed by atoms with Crippen molar-refractivity contribution in [3.8, 4) is 12.0 Å². The third kappa shape index (κ3) is 4.20. The summed E-state index contributed by atoms with van der Waals surface area (Å²) < 4.78 is 12.6. The van der Waals surface area contributed by atoms with Crippen LogP contribution in [0.15, 0.2) is 0 Å². The van der Waals surface area contributed by atoms with E-state index in [9.17, 15) is 0 Å². The maximum absolute atomic E-state index is 8.81. The van der Waals surface area contributed by atoms with Crippen LogP contribution in [0.2, 0.25) is 0 Å². The minimum absolute atomic E-state index is 0.0896. The van der Waals surface area contributed by atoms with Crippen LogP contribution in [0.4, 0.5) is 5.82 Å². The molecule has 128 valence electrons. The Bertz CT molecular complexity index is 630. The fourth-order valence-electron chi connectivity index (χ4n) is 2.11. The van der Waals surface area contributed by atoms with Crippen molar-refractivity contribution >= 4 is 17.0 Å². The normalized spacial score (nSPS) is 11.1. The number of nitrogens with zero attached hydrogens (tertiary/aromatic N) is 4. The molecule has 0 saturated heterocycles. The molecule has 2 heterocycles. The van der Waals surface area contributed by atoms with Gasteiger partial charge in [-0.2, -0.15) is 15.0 Å². The summed E-state index contributed by atoms with van der Waals surface area (Å²) in [5, 5.41) is 11.9. The monoisotopic (exact) mass is 324 g/mol. The quantitative estimate of drug-likeness (QED) is 0.529. The van der Waals surface area contributed by atoms with Gasteiger partial charge in [-0.15, -0.1) is 0 Å². The molecular formula is C14H24N6O3. The minimum atomic E-state index is 0.0896. The standard InChI is InChI=1S/C14H24N6O3/c1-3-4-9-23-13-18-11(15)10-12(19-13)20(14(17-10)22-2)7-5-16-6-8-21/h16,21H,3-9H2,1-2H3,(H2,15,18,19). The second kappa shape index (κ2) is 8.49. The molecule has 0 aromatic carbocycles. The molecule has 0 fully saturated rings. The summed E-state index contributed by atoms with van der Waals surface area (Å²) in [5.74, 6) is 0.266. The van der Waals surface area contributed by atoms with Gasteiger partial charge in [0.1, 0.15) is 0 Å². The predicted octanol–water partition coefficient (Wildman–Crippen LogP) is 0.178. The number of hydrogen-bond acceptors (Lipinski definition) is 8. The van der Waals surface area contributed by atoms with E-state index in [0.717, 1.165) is 12.8 Å². The zero-order chi connectivity index (χ0) is 16.7. The van der Waals surface area contributed by atoms with Gasteiger partial charge in [-0.1, -0.05) is 13.3 Å². The van der Waals surface area contributed by atoms with Crippen molar-refractivity contribution in [3.05, 3.63) is 0 Å². The van der Waals surface area contributed by atoms with Crippen molar-refractivity contribution in [2.45, 2.75) is 26.3 Å². The summed E-state index contributed by atoms with van der Waals surface area (Å²) >= 11 is 0. The summed E-state index contributed by atoms with van der Waals surface area (Å²) in [5.41, 5.74) is 7.03. The fraction of sp³-hybridized carbons (Fsp3) is 0.643. The first-order chi connectivity index (χ1) is 11.2. The van der Waals surface area contributed by atoms with Crippen molar-refractivity contribution in [1.29, 1.82) is 0 Å².